The van der Waals surface area contributed by atoms with Crippen molar-refractivity contribution in [3.8, 4) is 0 Å². The second kappa shape index (κ2) is 28.1. The molecule has 4 aliphatic heterocycles. The molecule has 18 nitrogen and oxygen atoms in total. The van der Waals surface area contributed by atoms with E-state index in [-0.39, 0.29) is 77.4 Å². The van der Waals surface area contributed by atoms with Gasteiger partial charge in [0.15, 0.2) is 0 Å². The number of hydrogen-bond acceptors (Lipinski definition) is 14. The minimum absolute atomic E-state index is 0. The maximum Gasteiger partial charge on any atom is 0.354 e. The van der Waals surface area contributed by atoms with Crippen molar-refractivity contribution in [1.82, 2.24) is 0 Å². The van der Waals surface area contributed by atoms with Crippen LogP contribution in [0.1, 0.15) is 249 Å². The van der Waals surface area contributed by atoms with Crippen LogP contribution in [0.2, 0.25) is 0 Å². The smallest absolute Gasteiger partial charge is 0.354 e. The van der Waals surface area contributed by atoms with Gasteiger partial charge in [-0.3, -0.25) is 0 Å². The van der Waals surface area contributed by atoms with Crippen molar-refractivity contribution in [2.45, 2.75) is 272 Å². The molecule has 0 fully saturated rings. The van der Waals surface area contributed by atoms with Crippen LogP contribution in [0.15, 0.2) is 39.9 Å². The van der Waals surface area contributed by atoms with Crippen LogP contribution >= 0.6 is 12.4 Å². The molecular weight excluding hydrogens is 1150 g/mol. The van der Waals surface area contributed by atoms with Crippen LogP contribution in [-0.2, 0) is 40.9 Å². The van der Waals surface area contributed by atoms with Crippen LogP contribution in [0.4, 0.5) is 0 Å². The number of aliphatic imine (C=N–C) groups is 8. The number of carboxylic acid groups (broad SMARTS) is 4. The molecule has 0 radical (unpaired) electrons. The van der Waals surface area contributed by atoms with E-state index in [1.807, 2.05) is 249 Å². The van der Waals surface area contributed by atoms with Gasteiger partial charge in [-0.15, -0.1) is 12.4 Å². The number of carbonyl (C=O) groups is 4. The first-order valence-corrected chi connectivity index (χ1v) is 29.2. The zero-order valence-corrected chi connectivity index (χ0v) is 63.2. The fraction of sp³-hybridized carbons (Fsp3) is 0.818. The van der Waals surface area contributed by atoms with Gasteiger partial charge in [-0.2, -0.15) is 0 Å². The second-order valence-electron chi connectivity index (χ2n) is 34.6. The quantitative estimate of drug-likeness (QED) is 0.145. The fourth-order valence-electron chi connectivity index (χ4n) is 9.01. The number of aliphatic carboxylic acids is 4. The maximum absolute atomic E-state index is 11.9. The largest absolute Gasteiger partial charge is 0.478 e. The normalized spacial score (nSPS) is 18.4. The molecule has 0 aromatic carbocycles. The number of hydrogen-bond donors (Lipinski definition) is 6. The van der Waals surface area contributed by atoms with Crippen LogP contribution < -0.4 is 0 Å². The molecule has 0 aromatic heterocycles. The van der Waals surface area contributed by atoms with Gasteiger partial charge in [0.1, 0.15) is 0 Å². The maximum atomic E-state index is 11.9. The van der Waals surface area contributed by atoms with E-state index < -0.39 is 68.2 Å². The predicted molar refractivity (Wildman–Crippen MR) is 358 cm³/mol. The fourth-order valence-corrected chi connectivity index (χ4v) is 9.01. The molecule has 0 aromatic rings. The Hall–Kier alpha value is -3.84. The molecule has 4 aliphatic rings. The Balaban J connectivity index is -0.000000507. The number of aliphatic hydroxyl groups is 2. The third-order valence-electron chi connectivity index (χ3n) is 14.1. The van der Waals surface area contributed by atoms with Gasteiger partial charge in [0, 0.05) is 101 Å². The summed E-state index contributed by atoms with van der Waals surface area (Å²) < 4.78 is 0. The Morgan fingerprint density at radius 2 is 0.302 bits per heavy atom. The van der Waals surface area contributed by atoms with Crippen molar-refractivity contribution in [3.05, 3.63) is 0 Å². The molecule has 20 heteroatoms. The van der Waals surface area contributed by atoms with Crippen molar-refractivity contribution in [2.75, 3.05) is 14.2 Å². The summed E-state index contributed by atoms with van der Waals surface area (Å²) in [5.41, 5.74) is -3.36. The third-order valence-corrected chi connectivity index (χ3v) is 14.1. The van der Waals surface area contributed by atoms with E-state index in [4.69, 9.17) is 10.2 Å². The van der Waals surface area contributed by atoms with Crippen molar-refractivity contribution in [1.29, 1.82) is 0 Å². The standard InChI is InChI=1S/4C16H28N2O2.2CH4O.ClH.Ti/c4*1-13(2,3)10-11(14(4,5)6)18-16(17-10,12(19)20)15(7,8)9;2*1-2;;/h4*1-9H3,(H,19,20);2*2H,1H3;1H;. The van der Waals surface area contributed by atoms with E-state index >= 15 is 0 Å². The average Bonchev–Trinajstić information content (AvgIpc) is 4.05. The monoisotopic (exact) mass is 1270 g/mol. The van der Waals surface area contributed by atoms with E-state index in [0.717, 1.165) is 59.9 Å². The molecular formula is C66H121ClN8O10Ti. The minimum Gasteiger partial charge on any atom is -0.478 e. The Labute approximate surface area is 541 Å². The van der Waals surface area contributed by atoms with Gasteiger partial charge in [0.05, 0.1) is 45.7 Å². The first kappa shape index (κ1) is 88.6. The van der Waals surface area contributed by atoms with Crippen molar-refractivity contribution >= 4 is 82.0 Å². The van der Waals surface area contributed by atoms with Crippen molar-refractivity contribution in [3.63, 3.8) is 0 Å². The summed E-state index contributed by atoms with van der Waals surface area (Å²) in [6.45, 7) is 71.7. The number of halogens is 1. The topological polar surface area (TPSA) is 289 Å². The Bertz CT molecular complexity index is 2190. The molecule has 496 valence electrons. The Morgan fingerprint density at radius 3 is 0.337 bits per heavy atom. The summed E-state index contributed by atoms with van der Waals surface area (Å²) in [6.07, 6.45) is 0. The molecule has 0 saturated heterocycles. The SMILES string of the molecule is CC(C)(C)C1=NC(C(=O)O)(C(C)(C)C)N=C1C(C)(C)C.CC(C)(C)C1=NC(C(=O)O)(C(C)(C)C)N=C1C(C)(C)C.CC(C)(C)C1=NC(C(=O)O)(C(C)(C)C)N=C1C(C)(C)C.CC(C)(C)C1=NC(C(=O)O)(C(C)(C)C)N=C1C(C)(C)C.CO.CO.Cl.[Ti]. The van der Waals surface area contributed by atoms with Gasteiger partial charge in [-0.1, -0.05) is 249 Å². The van der Waals surface area contributed by atoms with E-state index in [2.05, 4.69) is 39.9 Å². The third kappa shape index (κ3) is 19.6. The zero-order chi connectivity index (χ0) is 68.6. The summed E-state index contributed by atoms with van der Waals surface area (Å²) in [6, 6.07) is 0. The predicted octanol–water partition coefficient (Wildman–Crippen LogP) is 14.8. The molecule has 6 N–H and O–H groups in total. The average molecular weight is 1270 g/mol. The second-order valence-corrected chi connectivity index (χ2v) is 34.6. The van der Waals surface area contributed by atoms with Crippen LogP contribution in [-0.4, -0.2) is 137 Å². The van der Waals surface area contributed by atoms with E-state index in [9.17, 15) is 39.6 Å². The van der Waals surface area contributed by atoms with E-state index in [0.29, 0.717) is 0 Å². The first-order valence-electron chi connectivity index (χ1n) is 29.2. The van der Waals surface area contributed by atoms with Gasteiger partial charge in [0.2, 0.25) is 0 Å². The zero-order valence-electron chi connectivity index (χ0n) is 60.8. The molecule has 0 bridgehead atoms. The molecule has 86 heavy (non-hydrogen) atoms. The van der Waals surface area contributed by atoms with Crippen LogP contribution in [0.5, 0.6) is 0 Å². The molecule has 0 unspecified atom stereocenters. The summed E-state index contributed by atoms with van der Waals surface area (Å²) >= 11 is 0. The number of carboxylic acids is 4. The summed E-state index contributed by atoms with van der Waals surface area (Å²) in [7, 11) is 2.00. The van der Waals surface area contributed by atoms with E-state index in [1.54, 1.807) is 0 Å². The number of aliphatic hydroxyl groups excluding tert-OH is 2. The Morgan fingerprint density at radius 1 is 0.233 bits per heavy atom. The number of rotatable bonds is 4. The summed E-state index contributed by atoms with van der Waals surface area (Å²) in [4.78, 5) is 84.6. The first-order chi connectivity index (χ1) is 36.5. The van der Waals surface area contributed by atoms with Gasteiger partial charge in [-0.05, 0) is 0 Å². The van der Waals surface area contributed by atoms with Gasteiger partial charge in [-0.25, -0.2) is 59.1 Å². The summed E-state index contributed by atoms with van der Waals surface area (Å²) in [5, 5.41) is 53.0. The van der Waals surface area contributed by atoms with Crippen LogP contribution in [0, 0.1) is 65.0 Å². The van der Waals surface area contributed by atoms with Gasteiger partial charge >= 0.3 is 23.9 Å². The van der Waals surface area contributed by atoms with E-state index in [1.165, 1.54) is 0 Å². The molecule has 4 rings (SSSR count). The number of nitrogens with zero attached hydrogens (tertiary/aromatic N) is 8. The molecule has 0 aliphatic carbocycles. The Kier molecular flexibility index (Phi) is 29.0. The molecule has 4 heterocycles. The molecule has 0 atom stereocenters. The summed E-state index contributed by atoms with van der Waals surface area (Å²) in [5.74, 6) is -3.92. The molecule has 0 spiro atoms. The van der Waals surface area contributed by atoms with Gasteiger partial charge in [0.25, 0.3) is 22.7 Å². The minimum atomic E-state index is -1.42. The molecule has 0 amide bonds. The van der Waals surface area contributed by atoms with Crippen LogP contribution in [0.3, 0.4) is 0 Å². The van der Waals surface area contributed by atoms with Crippen LogP contribution in [0.25, 0.3) is 0 Å². The van der Waals surface area contributed by atoms with Crippen molar-refractivity contribution < 1.29 is 71.5 Å². The van der Waals surface area contributed by atoms with Crippen molar-refractivity contribution in [2.24, 2.45) is 105 Å². The molecule has 0 saturated carbocycles. The van der Waals surface area contributed by atoms with Gasteiger partial charge < -0.3 is 30.6 Å².